The molecule has 1 unspecified atom stereocenters. The van der Waals surface area contributed by atoms with Crippen LogP contribution in [0, 0.1) is 23.2 Å². The van der Waals surface area contributed by atoms with Gasteiger partial charge < -0.3 is 15.6 Å². The van der Waals surface area contributed by atoms with Crippen molar-refractivity contribution in [2.75, 3.05) is 13.7 Å². The molecule has 1 aromatic carbocycles. The third kappa shape index (κ3) is 3.20. The number of ether oxygens (including phenoxy) is 1. The summed E-state index contributed by atoms with van der Waals surface area (Å²) in [4.78, 5) is 31.4. The van der Waals surface area contributed by atoms with Gasteiger partial charge in [0.15, 0.2) is 11.5 Å². The van der Waals surface area contributed by atoms with E-state index in [-0.39, 0.29) is 36.4 Å². The lowest BCUT2D eigenvalue weighted by Gasteiger charge is -2.45. The second-order valence-electron chi connectivity index (χ2n) is 9.59. The average Bonchev–Trinajstić information content (AvgIpc) is 3.52. The maximum atomic E-state index is 14.0. The van der Waals surface area contributed by atoms with Gasteiger partial charge in [0, 0.05) is 30.6 Å². The number of fused-ring (bicyclic) bond motifs is 3. The van der Waals surface area contributed by atoms with Gasteiger partial charge in [0.1, 0.15) is 0 Å². The SMILES string of the molecule is COC1CCC2(CC1)Cc1ccc(C#CC3CC3)cc1C21N=C(N)N(CCC(=O)O)C1=O. The predicted octanol–water partition coefficient (Wildman–Crippen LogP) is 2.41. The second-order valence-corrected chi connectivity index (χ2v) is 9.59. The smallest absolute Gasteiger partial charge is 0.305 e. The third-order valence-electron chi connectivity index (χ3n) is 7.68. The molecule has 0 radical (unpaired) electrons. The van der Waals surface area contributed by atoms with Crippen molar-refractivity contribution >= 4 is 17.8 Å². The summed E-state index contributed by atoms with van der Waals surface area (Å²) >= 11 is 0. The van der Waals surface area contributed by atoms with Crippen molar-refractivity contribution in [3.05, 3.63) is 34.9 Å². The molecule has 2 spiro atoms. The zero-order chi connectivity index (χ0) is 22.5. The molecular formula is C25H29N3O4. The predicted molar refractivity (Wildman–Crippen MR) is 119 cm³/mol. The first-order valence-electron chi connectivity index (χ1n) is 11.5. The van der Waals surface area contributed by atoms with Gasteiger partial charge in [0.2, 0.25) is 0 Å². The minimum Gasteiger partial charge on any atom is -0.481 e. The van der Waals surface area contributed by atoms with Crippen molar-refractivity contribution in [1.82, 2.24) is 4.90 Å². The molecule has 1 aromatic rings. The Morgan fingerprint density at radius 3 is 2.72 bits per heavy atom. The number of carbonyl (C=O) groups is 2. The van der Waals surface area contributed by atoms with Gasteiger partial charge in [-0.15, -0.1) is 0 Å². The van der Waals surface area contributed by atoms with Crippen molar-refractivity contribution in [2.24, 2.45) is 22.1 Å². The van der Waals surface area contributed by atoms with Gasteiger partial charge in [0.25, 0.3) is 5.91 Å². The number of carboxylic acid groups (broad SMARTS) is 1. The van der Waals surface area contributed by atoms with Crippen LogP contribution in [-0.4, -0.2) is 47.6 Å². The summed E-state index contributed by atoms with van der Waals surface area (Å²) in [6, 6.07) is 6.15. The highest BCUT2D eigenvalue weighted by Gasteiger charge is 2.66. The monoisotopic (exact) mass is 435 g/mol. The Kier molecular flexibility index (Phi) is 5.01. The van der Waals surface area contributed by atoms with E-state index in [1.807, 2.05) is 12.1 Å². The fourth-order valence-corrected chi connectivity index (χ4v) is 5.78. The lowest BCUT2D eigenvalue weighted by atomic mass is 9.61. The second kappa shape index (κ2) is 7.63. The fraction of sp³-hybridized carbons (Fsp3) is 0.560. The summed E-state index contributed by atoms with van der Waals surface area (Å²) in [6.45, 7) is 0.0263. The van der Waals surface area contributed by atoms with Crippen LogP contribution < -0.4 is 5.73 Å². The van der Waals surface area contributed by atoms with Crippen LogP contribution >= 0.6 is 0 Å². The average molecular weight is 436 g/mol. The maximum Gasteiger partial charge on any atom is 0.305 e. The van der Waals surface area contributed by atoms with Crippen LogP contribution in [-0.2, 0) is 26.3 Å². The molecule has 168 valence electrons. The highest BCUT2D eigenvalue weighted by atomic mass is 16.5. The van der Waals surface area contributed by atoms with Crippen LogP contribution in [0.25, 0.3) is 0 Å². The number of carbonyl (C=O) groups excluding carboxylic acids is 1. The summed E-state index contributed by atoms with van der Waals surface area (Å²) in [6.07, 6.45) is 6.41. The van der Waals surface area contributed by atoms with Crippen molar-refractivity contribution in [3.63, 3.8) is 0 Å². The Balaban J connectivity index is 1.59. The Morgan fingerprint density at radius 2 is 2.06 bits per heavy atom. The van der Waals surface area contributed by atoms with E-state index < -0.39 is 11.5 Å². The summed E-state index contributed by atoms with van der Waals surface area (Å²) < 4.78 is 5.60. The first kappa shape index (κ1) is 21.0. The Bertz CT molecular complexity index is 1060. The molecule has 0 aromatic heterocycles. The molecule has 4 aliphatic rings. The van der Waals surface area contributed by atoms with Crippen LogP contribution in [0.1, 0.15) is 61.6 Å². The van der Waals surface area contributed by atoms with Crippen molar-refractivity contribution in [2.45, 2.75) is 63.0 Å². The topological polar surface area (TPSA) is 105 Å². The van der Waals surface area contributed by atoms with Gasteiger partial charge in [-0.05, 0) is 68.2 Å². The number of nitrogens with zero attached hydrogens (tertiary/aromatic N) is 2. The number of rotatable bonds is 4. The van der Waals surface area contributed by atoms with Crippen molar-refractivity contribution < 1.29 is 19.4 Å². The number of carboxylic acids is 1. The van der Waals surface area contributed by atoms with Crippen LogP contribution in [0.3, 0.4) is 0 Å². The molecule has 1 aliphatic heterocycles. The summed E-state index contributed by atoms with van der Waals surface area (Å²) in [5, 5.41) is 9.16. The van der Waals surface area contributed by atoms with Gasteiger partial charge in [-0.1, -0.05) is 17.9 Å². The first-order chi connectivity index (χ1) is 15.4. The molecule has 1 atom stereocenters. The van der Waals surface area contributed by atoms with Crippen LogP contribution in [0.5, 0.6) is 0 Å². The number of guanidine groups is 1. The van der Waals surface area contributed by atoms with E-state index in [4.69, 9.17) is 20.6 Å². The quantitative estimate of drug-likeness (QED) is 0.707. The standard InChI is InChI=1S/C25H29N3O4/c1-32-19-8-11-24(12-9-19)15-18-7-6-17(5-4-16-2-3-16)14-20(18)25(24)22(31)28(23(26)27-25)13-10-21(29)30/h6-7,14,16,19H,2-3,8-13,15H2,1H3,(H2,26,27)(H,29,30). The number of aliphatic carboxylic acids is 1. The van der Waals surface area contributed by atoms with Gasteiger partial charge in [-0.2, -0.15) is 0 Å². The molecule has 5 rings (SSSR count). The molecule has 0 bridgehead atoms. The molecule has 0 saturated heterocycles. The maximum absolute atomic E-state index is 14.0. The van der Waals surface area contributed by atoms with Crippen molar-refractivity contribution in [1.29, 1.82) is 0 Å². The minimum atomic E-state index is -1.11. The largest absolute Gasteiger partial charge is 0.481 e. The number of nitrogens with two attached hydrogens (primary N) is 1. The van der Waals surface area contributed by atoms with Gasteiger partial charge in [0.05, 0.1) is 12.5 Å². The first-order valence-corrected chi connectivity index (χ1v) is 11.5. The molecule has 2 fully saturated rings. The molecule has 2 saturated carbocycles. The summed E-state index contributed by atoms with van der Waals surface area (Å²) in [5.74, 6) is 6.02. The molecule has 1 heterocycles. The normalized spacial score (nSPS) is 30.9. The molecule has 7 heteroatoms. The Morgan fingerprint density at radius 1 is 1.31 bits per heavy atom. The van der Waals surface area contributed by atoms with Crippen LogP contribution in [0.15, 0.2) is 23.2 Å². The van der Waals surface area contributed by atoms with E-state index in [0.29, 0.717) is 5.92 Å². The highest BCUT2D eigenvalue weighted by Crippen LogP contribution is 2.62. The molecular weight excluding hydrogens is 406 g/mol. The number of hydrogen-bond donors (Lipinski definition) is 2. The third-order valence-corrected chi connectivity index (χ3v) is 7.68. The van der Waals surface area contributed by atoms with Gasteiger partial charge in [-0.3, -0.25) is 14.5 Å². The molecule has 7 nitrogen and oxygen atoms in total. The summed E-state index contributed by atoms with van der Waals surface area (Å²) in [5.41, 5.74) is 7.67. The molecule has 3 N–H and O–H groups in total. The van der Waals surface area contributed by atoms with Crippen LogP contribution in [0.2, 0.25) is 0 Å². The van der Waals surface area contributed by atoms with E-state index in [0.717, 1.165) is 61.6 Å². The molecule has 3 aliphatic carbocycles. The number of aliphatic imine (C=N–C) groups is 1. The highest BCUT2D eigenvalue weighted by molar-refractivity contribution is 6.08. The molecule has 1 amide bonds. The lowest BCUT2D eigenvalue weighted by molar-refractivity contribution is -0.140. The van der Waals surface area contributed by atoms with E-state index >= 15 is 0 Å². The van der Waals surface area contributed by atoms with Gasteiger partial charge >= 0.3 is 5.97 Å². The lowest BCUT2D eigenvalue weighted by Crippen LogP contribution is -2.52. The van der Waals surface area contributed by atoms with Gasteiger partial charge in [-0.25, -0.2) is 4.99 Å². The minimum absolute atomic E-state index is 0.0263. The number of methoxy groups -OCH3 is 1. The number of benzene rings is 1. The van der Waals surface area contributed by atoms with Crippen LogP contribution in [0.4, 0.5) is 0 Å². The zero-order valence-corrected chi connectivity index (χ0v) is 18.4. The van der Waals surface area contributed by atoms with E-state index in [2.05, 4.69) is 17.9 Å². The van der Waals surface area contributed by atoms with Crippen molar-refractivity contribution in [3.8, 4) is 11.8 Å². The Labute approximate surface area is 188 Å². The fourth-order valence-electron chi connectivity index (χ4n) is 5.78. The van der Waals surface area contributed by atoms with E-state index in [1.165, 1.54) is 4.90 Å². The number of hydrogen-bond acceptors (Lipinski definition) is 5. The number of amides is 1. The molecule has 32 heavy (non-hydrogen) atoms. The van der Waals surface area contributed by atoms with E-state index in [9.17, 15) is 9.59 Å². The summed E-state index contributed by atoms with van der Waals surface area (Å²) in [7, 11) is 1.73. The Hall–Kier alpha value is -2.85. The zero-order valence-electron chi connectivity index (χ0n) is 18.4. The van der Waals surface area contributed by atoms with E-state index in [1.54, 1.807) is 7.11 Å².